The minimum Gasteiger partial charge on any atom is -0.483 e. The third-order valence-electron chi connectivity index (χ3n) is 4.76. The first kappa shape index (κ1) is 21.5. The quantitative estimate of drug-likeness (QED) is 0.576. The standard InChI is InChI=1S/C21H22N2O6S/c1-12-8-17(20-13(2)14(3)21(25)29-18(20)9-12)28-11-19(24)23-10-15-4-6-16(7-5-15)30(22,26)27/h4-9H,10-11H2,1-3H3,(H,23,24)(H2,22,26,27). The summed E-state index contributed by atoms with van der Waals surface area (Å²) in [4.78, 5) is 24.1. The van der Waals surface area contributed by atoms with Crippen LogP contribution in [0.3, 0.4) is 0 Å². The van der Waals surface area contributed by atoms with Crippen molar-refractivity contribution in [1.29, 1.82) is 0 Å². The summed E-state index contributed by atoms with van der Waals surface area (Å²) < 4.78 is 33.6. The molecule has 0 spiro atoms. The summed E-state index contributed by atoms with van der Waals surface area (Å²) in [5.41, 5.74) is 2.79. The molecule has 3 aromatic rings. The Morgan fingerprint density at radius 3 is 2.40 bits per heavy atom. The lowest BCUT2D eigenvalue weighted by Gasteiger charge is -2.13. The molecule has 0 unspecified atom stereocenters. The van der Waals surface area contributed by atoms with Crippen LogP contribution in [0.2, 0.25) is 0 Å². The number of nitrogens with two attached hydrogens (primary N) is 1. The Morgan fingerprint density at radius 2 is 1.77 bits per heavy atom. The van der Waals surface area contributed by atoms with E-state index >= 15 is 0 Å². The van der Waals surface area contributed by atoms with E-state index in [9.17, 15) is 18.0 Å². The Bertz CT molecular complexity index is 1280. The molecule has 0 radical (unpaired) electrons. The van der Waals surface area contributed by atoms with Crippen molar-refractivity contribution in [2.45, 2.75) is 32.2 Å². The molecule has 30 heavy (non-hydrogen) atoms. The van der Waals surface area contributed by atoms with Gasteiger partial charge in [0.15, 0.2) is 6.61 Å². The van der Waals surface area contributed by atoms with Gasteiger partial charge in [0, 0.05) is 12.1 Å². The molecule has 0 bridgehead atoms. The number of fused-ring (bicyclic) bond motifs is 1. The van der Waals surface area contributed by atoms with E-state index in [-0.39, 0.29) is 24.0 Å². The van der Waals surface area contributed by atoms with Crippen LogP contribution in [0.4, 0.5) is 0 Å². The van der Waals surface area contributed by atoms with Gasteiger partial charge in [-0.3, -0.25) is 4.79 Å². The number of benzene rings is 2. The Balaban J connectivity index is 1.70. The fourth-order valence-electron chi connectivity index (χ4n) is 2.99. The number of amides is 1. The van der Waals surface area contributed by atoms with Gasteiger partial charge in [-0.1, -0.05) is 12.1 Å². The SMILES string of the molecule is Cc1cc(OCC(=O)NCc2ccc(S(N)(=O)=O)cc2)c2c(C)c(C)c(=O)oc2c1. The van der Waals surface area contributed by atoms with Crippen LogP contribution in [0.15, 0.2) is 50.5 Å². The zero-order chi connectivity index (χ0) is 22.1. The van der Waals surface area contributed by atoms with E-state index in [4.69, 9.17) is 14.3 Å². The number of carbonyl (C=O) groups is 1. The summed E-state index contributed by atoms with van der Waals surface area (Å²) in [7, 11) is -3.76. The predicted molar refractivity (Wildman–Crippen MR) is 112 cm³/mol. The van der Waals surface area contributed by atoms with Gasteiger partial charge < -0.3 is 14.5 Å². The molecule has 0 atom stereocenters. The van der Waals surface area contributed by atoms with Crippen molar-refractivity contribution in [1.82, 2.24) is 5.32 Å². The van der Waals surface area contributed by atoms with Crippen LogP contribution in [0.1, 0.15) is 22.3 Å². The molecule has 1 aromatic heterocycles. The first-order valence-electron chi connectivity index (χ1n) is 9.12. The van der Waals surface area contributed by atoms with Crippen LogP contribution >= 0.6 is 0 Å². The van der Waals surface area contributed by atoms with E-state index in [1.165, 1.54) is 12.1 Å². The number of hydrogen-bond donors (Lipinski definition) is 2. The normalized spacial score (nSPS) is 11.5. The molecule has 8 nitrogen and oxygen atoms in total. The van der Waals surface area contributed by atoms with Gasteiger partial charge in [0.2, 0.25) is 10.0 Å². The Kier molecular flexibility index (Phi) is 5.95. The maximum Gasteiger partial charge on any atom is 0.339 e. The summed E-state index contributed by atoms with van der Waals surface area (Å²) >= 11 is 0. The molecule has 3 N–H and O–H groups in total. The monoisotopic (exact) mass is 430 g/mol. The van der Waals surface area contributed by atoms with Gasteiger partial charge in [-0.25, -0.2) is 18.4 Å². The number of aryl methyl sites for hydroxylation is 2. The van der Waals surface area contributed by atoms with Crippen molar-refractivity contribution < 1.29 is 22.4 Å². The molecule has 9 heteroatoms. The third kappa shape index (κ3) is 4.69. The highest BCUT2D eigenvalue weighted by molar-refractivity contribution is 7.89. The van der Waals surface area contributed by atoms with E-state index in [1.807, 2.05) is 13.8 Å². The van der Waals surface area contributed by atoms with Gasteiger partial charge in [0.05, 0.1) is 10.3 Å². The summed E-state index contributed by atoms with van der Waals surface area (Å²) in [5, 5.41) is 8.43. The minimum atomic E-state index is -3.76. The van der Waals surface area contributed by atoms with Crippen molar-refractivity contribution in [3.8, 4) is 5.75 Å². The van der Waals surface area contributed by atoms with Gasteiger partial charge in [-0.15, -0.1) is 0 Å². The Morgan fingerprint density at radius 1 is 1.10 bits per heavy atom. The molecule has 0 fully saturated rings. The van der Waals surface area contributed by atoms with Crippen LogP contribution in [0.5, 0.6) is 5.75 Å². The Labute approximate surface area is 173 Å². The van der Waals surface area contributed by atoms with Crippen LogP contribution in [0, 0.1) is 20.8 Å². The van der Waals surface area contributed by atoms with E-state index in [0.717, 1.165) is 11.1 Å². The molecule has 0 aliphatic rings. The second kappa shape index (κ2) is 8.29. The zero-order valence-electron chi connectivity index (χ0n) is 16.8. The van der Waals surface area contributed by atoms with Crippen molar-refractivity contribution in [3.05, 3.63) is 69.1 Å². The van der Waals surface area contributed by atoms with E-state index in [0.29, 0.717) is 27.8 Å². The zero-order valence-corrected chi connectivity index (χ0v) is 17.6. The average molecular weight is 430 g/mol. The molecule has 0 saturated carbocycles. The number of rotatable bonds is 6. The number of ether oxygens (including phenoxy) is 1. The second-order valence-electron chi connectivity index (χ2n) is 7.03. The lowest BCUT2D eigenvalue weighted by molar-refractivity contribution is -0.123. The number of carbonyl (C=O) groups excluding carboxylic acids is 1. The van der Waals surface area contributed by atoms with Crippen LogP contribution in [0.25, 0.3) is 11.0 Å². The van der Waals surface area contributed by atoms with E-state index in [2.05, 4.69) is 5.32 Å². The highest BCUT2D eigenvalue weighted by Crippen LogP contribution is 2.30. The predicted octanol–water partition coefficient (Wildman–Crippen LogP) is 2.06. The van der Waals surface area contributed by atoms with Crippen LogP contribution in [-0.2, 0) is 21.4 Å². The molecule has 2 aromatic carbocycles. The molecule has 0 aliphatic heterocycles. The topological polar surface area (TPSA) is 129 Å². The van der Waals surface area contributed by atoms with Crippen LogP contribution < -0.4 is 20.8 Å². The number of hydrogen-bond acceptors (Lipinski definition) is 6. The summed E-state index contributed by atoms with van der Waals surface area (Å²) in [5.74, 6) is 0.106. The largest absolute Gasteiger partial charge is 0.483 e. The molecule has 1 amide bonds. The Hall–Kier alpha value is -3.17. The van der Waals surface area contributed by atoms with Gasteiger partial charge in [-0.05, 0) is 61.7 Å². The number of sulfonamides is 1. The first-order valence-corrected chi connectivity index (χ1v) is 10.7. The first-order chi connectivity index (χ1) is 14.1. The lowest BCUT2D eigenvalue weighted by atomic mass is 10.0. The highest BCUT2D eigenvalue weighted by Gasteiger charge is 2.14. The van der Waals surface area contributed by atoms with Gasteiger partial charge in [0.25, 0.3) is 5.91 Å². The molecule has 1 heterocycles. The second-order valence-corrected chi connectivity index (χ2v) is 8.59. The summed E-state index contributed by atoms with van der Waals surface area (Å²) in [6, 6.07) is 9.44. The third-order valence-corrected chi connectivity index (χ3v) is 5.69. The molecule has 0 saturated heterocycles. The number of nitrogens with one attached hydrogen (secondary N) is 1. The van der Waals surface area contributed by atoms with Crippen molar-refractivity contribution in [2.75, 3.05) is 6.61 Å². The van der Waals surface area contributed by atoms with Crippen molar-refractivity contribution in [3.63, 3.8) is 0 Å². The lowest BCUT2D eigenvalue weighted by Crippen LogP contribution is -2.28. The van der Waals surface area contributed by atoms with Gasteiger partial charge in [-0.2, -0.15) is 0 Å². The van der Waals surface area contributed by atoms with Gasteiger partial charge in [0.1, 0.15) is 11.3 Å². The van der Waals surface area contributed by atoms with E-state index < -0.39 is 15.6 Å². The summed E-state index contributed by atoms with van der Waals surface area (Å²) in [6.07, 6.45) is 0. The maximum absolute atomic E-state index is 12.2. The minimum absolute atomic E-state index is 0.00421. The average Bonchev–Trinajstić information content (AvgIpc) is 2.68. The number of primary sulfonamides is 1. The van der Waals surface area contributed by atoms with Crippen molar-refractivity contribution >= 4 is 26.9 Å². The van der Waals surface area contributed by atoms with Crippen LogP contribution in [-0.4, -0.2) is 20.9 Å². The van der Waals surface area contributed by atoms with Gasteiger partial charge >= 0.3 is 5.63 Å². The molecule has 158 valence electrons. The molecule has 0 aliphatic carbocycles. The molecular weight excluding hydrogens is 408 g/mol. The maximum atomic E-state index is 12.2. The van der Waals surface area contributed by atoms with E-state index in [1.54, 1.807) is 31.2 Å². The summed E-state index contributed by atoms with van der Waals surface area (Å²) in [6.45, 7) is 5.30. The molecular formula is C21H22N2O6S. The fourth-order valence-corrected chi connectivity index (χ4v) is 3.51. The highest BCUT2D eigenvalue weighted by atomic mass is 32.2. The molecule has 3 rings (SSSR count). The fraction of sp³-hybridized carbons (Fsp3) is 0.238. The van der Waals surface area contributed by atoms with Crippen molar-refractivity contribution in [2.24, 2.45) is 5.14 Å². The smallest absolute Gasteiger partial charge is 0.339 e.